The number of rotatable bonds is 10. The Balaban J connectivity index is 0. The van der Waals surface area contributed by atoms with Gasteiger partial charge in [-0.1, -0.05) is 51.9 Å². The maximum Gasteiger partial charge on any atom is 0.397 e. The molecule has 0 aromatic heterocycles. The second-order valence-corrected chi connectivity index (χ2v) is 4.82. The summed E-state index contributed by atoms with van der Waals surface area (Å²) < 4.78 is 32.8. The molecule has 0 saturated heterocycles. The third kappa shape index (κ3) is 16.3. The lowest BCUT2D eigenvalue weighted by Gasteiger charge is -2.01. The van der Waals surface area contributed by atoms with Crippen LogP contribution in [0.1, 0.15) is 58.3 Å². The summed E-state index contributed by atoms with van der Waals surface area (Å²) in [4.78, 5) is 0. The average molecular weight is 256 g/mol. The van der Waals surface area contributed by atoms with Crippen molar-refractivity contribution in [2.75, 3.05) is 6.61 Å². The SMILES string of the molecule is CCCCCCCCCCOS(=O)(=O)O.O. The minimum absolute atomic E-state index is 0. The Labute approximate surface area is 98.5 Å². The minimum Gasteiger partial charge on any atom is -0.412 e. The first-order valence-corrected chi connectivity index (χ1v) is 7.04. The van der Waals surface area contributed by atoms with Crippen molar-refractivity contribution < 1.29 is 22.6 Å². The molecular formula is C10H24O5S. The molecule has 0 fully saturated rings. The Morgan fingerprint density at radius 3 is 1.81 bits per heavy atom. The smallest absolute Gasteiger partial charge is 0.397 e. The zero-order valence-corrected chi connectivity index (χ0v) is 10.8. The van der Waals surface area contributed by atoms with Crippen LogP contribution in [0.15, 0.2) is 0 Å². The van der Waals surface area contributed by atoms with E-state index in [0.29, 0.717) is 6.42 Å². The van der Waals surface area contributed by atoms with Crippen LogP contribution in [0.4, 0.5) is 0 Å². The first kappa shape index (κ1) is 18.2. The van der Waals surface area contributed by atoms with Crippen LogP contribution in [0.5, 0.6) is 0 Å². The Bertz CT molecular complexity index is 225. The predicted octanol–water partition coefficient (Wildman–Crippen LogP) is 2.12. The molecule has 0 heterocycles. The summed E-state index contributed by atoms with van der Waals surface area (Å²) in [7, 11) is -4.23. The van der Waals surface area contributed by atoms with Gasteiger partial charge in [0.15, 0.2) is 0 Å². The topological polar surface area (TPSA) is 95.1 Å². The molecule has 0 spiro atoms. The van der Waals surface area contributed by atoms with Crippen molar-refractivity contribution in [3.63, 3.8) is 0 Å². The van der Waals surface area contributed by atoms with Gasteiger partial charge in [0, 0.05) is 0 Å². The summed E-state index contributed by atoms with van der Waals surface area (Å²) in [5.74, 6) is 0. The van der Waals surface area contributed by atoms with Crippen LogP contribution in [0.25, 0.3) is 0 Å². The van der Waals surface area contributed by atoms with Crippen LogP contribution in [-0.2, 0) is 14.6 Å². The molecule has 0 aromatic carbocycles. The minimum atomic E-state index is -4.23. The normalized spacial score (nSPS) is 11.1. The van der Waals surface area contributed by atoms with Gasteiger partial charge in [-0.2, -0.15) is 8.42 Å². The van der Waals surface area contributed by atoms with Gasteiger partial charge < -0.3 is 5.48 Å². The fourth-order valence-electron chi connectivity index (χ4n) is 1.40. The largest absolute Gasteiger partial charge is 0.412 e. The van der Waals surface area contributed by atoms with E-state index in [1.165, 1.54) is 32.1 Å². The van der Waals surface area contributed by atoms with Gasteiger partial charge in [0.2, 0.25) is 0 Å². The lowest BCUT2D eigenvalue weighted by molar-refractivity contribution is 0.261. The molecule has 5 nitrogen and oxygen atoms in total. The Hall–Kier alpha value is -0.170. The van der Waals surface area contributed by atoms with Crippen molar-refractivity contribution in [3.05, 3.63) is 0 Å². The van der Waals surface area contributed by atoms with Gasteiger partial charge in [0.25, 0.3) is 0 Å². The standard InChI is InChI=1S/C10H22O4S.H2O/c1-2-3-4-5-6-7-8-9-10-14-15(11,12)13;/h2-10H2,1H3,(H,11,12,13);1H2. The molecule has 6 heteroatoms. The third-order valence-electron chi connectivity index (χ3n) is 2.23. The van der Waals surface area contributed by atoms with E-state index in [1.807, 2.05) is 0 Å². The summed E-state index contributed by atoms with van der Waals surface area (Å²) in [5.41, 5.74) is 0. The van der Waals surface area contributed by atoms with Gasteiger partial charge >= 0.3 is 10.4 Å². The van der Waals surface area contributed by atoms with Crippen molar-refractivity contribution in [2.45, 2.75) is 58.3 Å². The maximum atomic E-state index is 10.2. The van der Waals surface area contributed by atoms with E-state index in [1.54, 1.807) is 0 Å². The Kier molecular flexibility index (Phi) is 12.9. The van der Waals surface area contributed by atoms with Crippen molar-refractivity contribution in [1.29, 1.82) is 0 Å². The van der Waals surface area contributed by atoms with E-state index in [-0.39, 0.29) is 12.1 Å². The summed E-state index contributed by atoms with van der Waals surface area (Å²) in [6.45, 7) is 2.28. The van der Waals surface area contributed by atoms with Gasteiger partial charge in [0.05, 0.1) is 6.61 Å². The van der Waals surface area contributed by atoms with Crippen LogP contribution in [0.2, 0.25) is 0 Å². The molecule has 3 N–H and O–H groups in total. The van der Waals surface area contributed by atoms with Crippen molar-refractivity contribution in [3.8, 4) is 0 Å². The fraction of sp³-hybridized carbons (Fsp3) is 1.00. The number of hydrogen-bond donors (Lipinski definition) is 1. The van der Waals surface area contributed by atoms with Crippen molar-refractivity contribution in [1.82, 2.24) is 0 Å². The summed E-state index contributed by atoms with van der Waals surface area (Å²) >= 11 is 0. The van der Waals surface area contributed by atoms with Crippen LogP contribution < -0.4 is 0 Å². The van der Waals surface area contributed by atoms with Crippen LogP contribution in [0, 0.1) is 0 Å². The van der Waals surface area contributed by atoms with E-state index in [2.05, 4.69) is 11.1 Å². The molecule has 0 amide bonds. The molecule has 100 valence electrons. The molecule has 0 saturated carbocycles. The van der Waals surface area contributed by atoms with E-state index in [0.717, 1.165) is 12.8 Å². The molecule has 0 aliphatic carbocycles. The van der Waals surface area contributed by atoms with E-state index in [9.17, 15) is 8.42 Å². The van der Waals surface area contributed by atoms with Crippen LogP contribution in [-0.4, -0.2) is 25.1 Å². The van der Waals surface area contributed by atoms with Gasteiger partial charge in [-0.25, -0.2) is 4.18 Å². The fourth-order valence-corrected chi connectivity index (χ4v) is 1.73. The first-order valence-electron chi connectivity index (χ1n) is 5.68. The number of hydrogen-bond acceptors (Lipinski definition) is 3. The zero-order chi connectivity index (χ0) is 11.6. The molecule has 0 radical (unpaired) electrons. The molecule has 0 unspecified atom stereocenters. The summed E-state index contributed by atoms with van der Waals surface area (Å²) in [5, 5.41) is 0. The molecule has 0 aromatic rings. The lowest BCUT2D eigenvalue weighted by Crippen LogP contribution is -2.04. The zero-order valence-electron chi connectivity index (χ0n) is 9.94. The summed E-state index contributed by atoms with van der Waals surface area (Å²) in [6, 6.07) is 0. The van der Waals surface area contributed by atoms with Crippen molar-refractivity contribution in [2.24, 2.45) is 0 Å². The molecule has 0 atom stereocenters. The first-order chi connectivity index (χ1) is 7.06. The van der Waals surface area contributed by atoms with Gasteiger partial charge in [-0.15, -0.1) is 0 Å². The maximum absolute atomic E-state index is 10.2. The molecule has 0 aliphatic heterocycles. The molecule has 0 rings (SSSR count). The van der Waals surface area contributed by atoms with Crippen LogP contribution in [0.3, 0.4) is 0 Å². The van der Waals surface area contributed by atoms with Gasteiger partial charge in [-0.05, 0) is 6.42 Å². The van der Waals surface area contributed by atoms with Crippen LogP contribution >= 0.6 is 0 Å². The monoisotopic (exact) mass is 256 g/mol. The highest BCUT2D eigenvalue weighted by molar-refractivity contribution is 7.80. The lowest BCUT2D eigenvalue weighted by atomic mass is 10.1. The number of unbranched alkanes of at least 4 members (excludes halogenated alkanes) is 7. The van der Waals surface area contributed by atoms with E-state index >= 15 is 0 Å². The van der Waals surface area contributed by atoms with E-state index in [4.69, 9.17) is 4.55 Å². The highest BCUT2D eigenvalue weighted by Crippen LogP contribution is 2.08. The third-order valence-corrected chi connectivity index (χ3v) is 2.69. The average Bonchev–Trinajstić information content (AvgIpc) is 2.14. The summed E-state index contributed by atoms with van der Waals surface area (Å²) in [6.07, 6.45) is 9.05. The Morgan fingerprint density at radius 1 is 0.938 bits per heavy atom. The molecule has 0 aliphatic rings. The second-order valence-electron chi connectivity index (χ2n) is 3.72. The van der Waals surface area contributed by atoms with E-state index < -0.39 is 10.4 Å². The second kappa shape index (κ2) is 11.3. The van der Waals surface area contributed by atoms with Gasteiger partial charge in [-0.3, -0.25) is 4.55 Å². The Morgan fingerprint density at radius 2 is 1.38 bits per heavy atom. The molecule has 16 heavy (non-hydrogen) atoms. The highest BCUT2D eigenvalue weighted by atomic mass is 32.3. The quantitative estimate of drug-likeness (QED) is 0.478. The van der Waals surface area contributed by atoms with Gasteiger partial charge in [0.1, 0.15) is 0 Å². The molecular weight excluding hydrogens is 232 g/mol. The molecule has 0 bridgehead atoms. The highest BCUT2D eigenvalue weighted by Gasteiger charge is 2.02. The van der Waals surface area contributed by atoms with Crippen molar-refractivity contribution >= 4 is 10.4 Å². The predicted molar refractivity (Wildman–Crippen MR) is 63.7 cm³/mol.